The minimum atomic E-state index is 0.157. The maximum atomic E-state index is 9.10. The number of nitrogens with zero attached hydrogens (tertiary/aromatic N) is 5. The highest BCUT2D eigenvalue weighted by Gasteiger charge is 2.22. The van der Waals surface area contributed by atoms with Crippen LogP contribution in [0.5, 0.6) is 5.88 Å². The smallest absolute Gasteiger partial charge is 0.237 e. The fourth-order valence-electron chi connectivity index (χ4n) is 2.34. The SMILES string of the molecule is OCC1CCC(Oc2cncc3nnnn23)CC1. The van der Waals surface area contributed by atoms with Crippen molar-refractivity contribution in [1.29, 1.82) is 0 Å². The van der Waals surface area contributed by atoms with Gasteiger partial charge < -0.3 is 9.84 Å². The molecule has 1 fully saturated rings. The van der Waals surface area contributed by atoms with Crippen LogP contribution in [0.2, 0.25) is 0 Å². The average molecular weight is 249 g/mol. The Morgan fingerprint density at radius 1 is 1.28 bits per heavy atom. The maximum Gasteiger partial charge on any atom is 0.237 e. The summed E-state index contributed by atoms with van der Waals surface area (Å²) >= 11 is 0. The zero-order valence-electron chi connectivity index (χ0n) is 9.94. The van der Waals surface area contributed by atoms with Crippen molar-refractivity contribution in [3.8, 4) is 5.88 Å². The molecular weight excluding hydrogens is 234 g/mol. The van der Waals surface area contributed by atoms with Crippen LogP contribution in [0.3, 0.4) is 0 Å². The van der Waals surface area contributed by atoms with E-state index in [1.165, 1.54) is 0 Å². The Labute approximate surface area is 104 Å². The minimum absolute atomic E-state index is 0.157. The molecule has 0 radical (unpaired) electrons. The largest absolute Gasteiger partial charge is 0.473 e. The molecule has 1 N–H and O–H groups in total. The zero-order chi connectivity index (χ0) is 12.4. The highest BCUT2D eigenvalue weighted by molar-refractivity contribution is 5.34. The van der Waals surface area contributed by atoms with Crippen molar-refractivity contribution in [2.75, 3.05) is 6.61 Å². The number of hydrogen-bond donors (Lipinski definition) is 1. The summed E-state index contributed by atoms with van der Waals surface area (Å²) in [6, 6.07) is 0. The molecule has 0 unspecified atom stereocenters. The number of rotatable bonds is 3. The number of aliphatic hydroxyl groups excluding tert-OH is 1. The topological polar surface area (TPSA) is 85.4 Å². The number of aromatic nitrogens is 5. The second-order valence-corrected chi connectivity index (χ2v) is 4.64. The first-order valence-corrected chi connectivity index (χ1v) is 6.16. The van der Waals surface area contributed by atoms with Crippen molar-refractivity contribution in [3.05, 3.63) is 12.4 Å². The van der Waals surface area contributed by atoms with E-state index in [4.69, 9.17) is 9.84 Å². The van der Waals surface area contributed by atoms with E-state index in [0.29, 0.717) is 17.4 Å². The summed E-state index contributed by atoms with van der Waals surface area (Å²) in [7, 11) is 0. The Morgan fingerprint density at radius 3 is 2.89 bits per heavy atom. The van der Waals surface area contributed by atoms with Crippen LogP contribution in [0.4, 0.5) is 0 Å². The maximum absolute atomic E-state index is 9.10. The van der Waals surface area contributed by atoms with Gasteiger partial charge in [-0.1, -0.05) is 0 Å². The lowest BCUT2D eigenvalue weighted by molar-refractivity contribution is 0.0981. The van der Waals surface area contributed by atoms with E-state index in [0.717, 1.165) is 25.7 Å². The fourth-order valence-corrected chi connectivity index (χ4v) is 2.34. The van der Waals surface area contributed by atoms with Crippen molar-refractivity contribution in [3.63, 3.8) is 0 Å². The van der Waals surface area contributed by atoms with Gasteiger partial charge in [-0.2, -0.15) is 4.52 Å². The molecule has 0 spiro atoms. The van der Waals surface area contributed by atoms with Crippen LogP contribution in [0.25, 0.3) is 5.65 Å². The van der Waals surface area contributed by atoms with E-state index in [2.05, 4.69) is 20.5 Å². The fraction of sp³-hybridized carbons (Fsp3) is 0.636. The van der Waals surface area contributed by atoms with Crippen LogP contribution in [-0.2, 0) is 0 Å². The molecule has 7 heteroatoms. The summed E-state index contributed by atoms with van der Waals surface area (Å²) in [5.41, 5.74) is 0.580. The molecule has 1 saturated carbocycles. The monoisotopic (exact) mass is 249 g/mol. The summed E-state index contributed by atoms with van der Waals surface area (Å²) in [4.78, 5) is 4.05. The first-order valence-electron chi connectivity index (χ1n) is 6.16. The normalized spacial score (nSPS) is 24.3. The van der Waals surface area contributed by atoms with Gasteiger partial charge in [-0.25, -0.2) is 0 Å². The molecule has 0 aromatic carbocycles. The van der Waals surface area contributed by atoms with Crippen LogP contribution in [0.15, 0.2) is 12.4 Å². The zero-order valence-corrected chi connectivity index (χ0v) is 9.94. The van der Waals surface area contributed by atoms with Gasteiger partial charge in [-0.3, -0.25) is 4.98 Å². The van der Waals surface area contributed by atoms with Crippen molar-refractivity contribution < 1.29 is 9.84 Å². The molecule has 0 bridgehead atoms. The average Bonchev–Trinajstić information content (AvgIpc) is 2.89. The third-order valence-electron chi connectivity index (χ3n) is 3.42. The van der Waals surface area contributed by atoms with Crippen LogP contribution >= 0.6 is 0 Å². The van der Waals surface area contributed by atoms with Gasteiger partial charge in [0, 0.05) is 6.61 Å². The minimum Gasteiger partial charge on any atom is -0.473 e. The van der Waals surface area contributed by atoms with Gasteiger partial charge in [0.1, 0.15) is 6.10 Å². The standard InChI is InChI=1S/C11H15N5O2/c17-7-8-1-3-9(4-2-8)18-11-6-12-5-10-13-14-15-16(10)11/h5-6,8-9,17H,1-4,7H2. The van der Waals surface area contributed by atoms with E-state index in [9.17, 15) is 0 Å². The predicted molar refractivity (Wildman–Crippen MR) is 62.0 cm³/mol. The van der Waals surface area contributed by atoms with E-state index >= 15 is 0 Å². The number of aliphatic hydroxyl groups is 1. The third kappa shape index (κ3) is 2.13. The van der Waals surface area contributed by atoms with Crippen LogP contribution in [0, 0.1) is 5.92 Å². The van der Waals surface area contributed by atoms with Crippen molar-refractivity contribution in [2.45, 2.75) is 31.8 Å². The van der Waals surface area contributed by atoms with Gasteiger partial charge in [-0.05, 0) is 42.0 Å². The molecule has 0 amide bonds. The Bertz CT molecular complexity index is 521. The van der Waals surface area contributed by atoms with E-state index < -0.39 is 0 Å². The lowest BCUT2D eigenvalue weighted by Crippen LogP contribution is -2.26. The molecule has 0 aliphatic heterocycles. The highest BCUT2D eigenvalue weighted by atomic mass is 16.5. The van der Waals surface area contributed by atoms with Gasteiger partial charge in [0.2, 0.25) is 11.5 Å². The summed E-state index contributed by atoms with van der Waals surface area (Å²) < 4.78 is 7.44. The molecule has 7 nitrogen and oxygen atoms in total. The van der Waals surface area contributed by atoms with Gasteiger partial charge in [0.15, 0.2) is 0 Å². The van der Waals surface area contributed by atoms with Crippen LogP contribution in [0.1, 0.15) is 25.7 Å². The Morgan fingerprint density at radius 2 is 2.11 bits per heavy atom. The molecule has 0 atom stereocenters. The van der Waals surface area contributed by atoms with E-state index in [-0.39, 0.29) is 12.7 Å². The van der Waals surface area contributed by atoms with Crippen molar-refractivity contribution in [1.82, 2.24) is 25.0 Å². The molecule has 2 aromatic heterocycles. The van der Waals surface area contributed by atoms with Gasteiger partial charge in [-0.15, -0.1) is 5.10 Å². The molecule has 1 aliphatic carbocycles. The van der Waals surface area contributed by atoms with Crippen molar-refractivity contribution in [2.24, 2.45) is 5.92 Å². The first-order chi connectivity index (χ1) is 8.86. The van der Waals surface area contributed by atoms with Gasteiger partial charge in [0.25, 0.3) is 0 Å². The van der Waals surface area contributed by atoms with E-state index in [1.54, 1.807) is 16.9 Å². The molecule has 1 aliphatic rings. The van der Waals surface area contributed by atoms with Crippen molar-refractivity contribution >= 4 is 5.65 Å². The molecule has 2 aromatic rings. The summed E-state index contributed by atoms with van der Waals surface area (Å²) in [5, 5.41) is 20.4. The quantitative estimate of drug-likeness (QED) is 0.850. The van der Waals surface area contributed by atoms with Gasteiger partial charge in [0.05, 0.1) is 12.4 Å². The Kier molecular flexibility index (Phi) is 3.06. The molecule has 18 heavy (non-hydrogen) atoms. The Hall–Kier alpha value is -1.76. The molecule has 0 saturated heterocycles. The molecular formula is C11H15N5O2. The lowest BCUT2D eigenvalue weighted by Gasteiger charge is -2.27. The van der Waals surface area contributed by atoms with Crippen LogP contribution in [-0.4, -0.2) is 42.8 Å². The first kappa shape index (κ1) is 11.3. The van der Waals surface area contributed by atoms with E-state index in [1.807, 2.05) is 0 Å². The predicted octanol–water partition coefficient (Wildman–Crippen LogP) is 0.449. The third-order valence-corrected chi connectivity index (χ3v) is 3.42. The lowest BCUT2D eigenvalue weighted by atomic mass is 9.88. The second kappa shape index (κ2) is 4.85. The molecule has 96 valence electrons. The molecule has 2 heterocycles. The second-order valence-electron chi connectivity index (χ2n) is 4.64. The number of fused-ring (bicyclic) bond motifs is 1. The summed E-state index contributed by atoms with van der Waals surface area (Å²) in [6.07, 6.45) is 7.27. The number of hydrogen-bond acceptors (Lipinski definition) is 6. The molecule has 3 rings (SSSR count). The summed E-state index contributed by atoms with van der Waals surface area (Å²) in [6.45, 7) is 0.275. The highest BCUT2D eigenvalue weighted by Crippen LogP contribution is 2.26. The summed E-state index contributed by atoms with van der Waals surface area (Å²) in [5.74, 6) is 0.997. The Balaban J connectivity index is 1.71. The van der Waals surface area contributed by atoms with Crippen LogP contribution < -0.4 is 4.74 Å². The van der Waals surface area contributed by atoms with Gasteiger partial charge >= 0.3 is 0 Å². The number of tetrazole rings is 1. The number of ether oxygens (including phenoxy) is 1.